The molecule has 5 aromatic rings. The molecule has 9 nitrogen and oxygen atoms in total. The molecule has 2 aliphatic carbocycles. The Morgan fingerprint density at radius 1 is 1.12 bits per heavy atom. The molecular weight excluding hydrogens is 502 g/mol. The number of nitrogens with zero attached hydrogens (tertiary/aromatic N) is 5. The molecule has 204 valence electrons. The lowest BCUT2D eigenvalue weighted by Crippen LogP contribution is -2.41. The molecule has 1 saturated heterocycles. The monoisotopic (exact) mass is 535 g/mol. The summed E-state index contributed by atoms with van der Waals surface area (Å²) in [6, 6.07) is 14.8. The number of aromatic nitrogens is 5. The van der Waals surface area contributed by atoms with Gasteiger partial charge in [0.15, 0.2) is 5.82 Å². The van der Waals surface area contributed by atoms with Crippen LogP contribution in [0.25, 0.3) is 33.5 Å². The first-order valence-electron chi connectivity index (χ1n) is 14.3. The average molecular weight is 536 g/mol. The number of likely N-dealkylation sites (tertiary alicyclic amines) is 1. The van der Waals surface area contributed by atoms with Crippen LogP contribution in [0.5, 0.6) is 5.75 Å². The largest absolute Gasteiger partial charge is 0.494 e. The van der Waals surface area contributed by atoms with Crippen LogP contribution in [0.1, 0.15) is 41.6 Å². The Labute approximate surface area is 231 Å². The maximum Gasteiger partial charge on any atom is 0.254 e. The van der Waals surface area contributed by atoms with E-state index in [1.165, 1.54) is 23.7 Å². The molecule has 3 N–H and O–H groups in total. The number of H-pyrrole nitrogens is 1. The smallest absolute Gasteiger partial charge is 0.254 e. The van der Waals surface area contributed by atoms with Crippen LogP contribution in [0.2, 0.25) is 0 Å². The van der Waals surface area contributed by atoms with E-state index in [1.807, 2.05) is 29.4 Å². The number of carbonyl (C=O) groups is 1. The highest BCUT2D eigenvalue weighted by Crippen LogP contribution is 2.40. The van der Waals surface area contributed by atoms with Gasteiger partial charge in [0.1, 0.15) is 11.3 Å². The quantitative estimate of drug-likeness (QED) is 0.321. The van der Waals surface area contributed by atoms with Gasteiger partial charge in [-0.3, -0.25) is 9.89 Å². The lowest BCUT2D eigenvalue weighted by atomic mass is 10.1. The number of piperidine rings is 1. The van der Waals surface area contributed by atoms with E-state index < -0.39 is 0 Å². The van der Waals surface area contributed by atoms with Gasteiger partial charge in [-0.1, -0.05) is 18.2 Å². The highest BCUT2D eigenvalue weighted by molar-refractivity contribution is 6.00. The molecule has 3 aliphatic rings. The molecule has 0 spiro atoms. The number of hydrogen-bond acceptors (Lipinski definition) is 5. The molecule has 2 bridgehead atoms. The number of methoxy groups -OCH3 is 1. The summed E-state index contributed by atoms with van der Waals surface area (Å²) in [5, 5.41) is 8.31. The summed E-state index contributed by atoms with van der Waals surface area (Å²) in [4.78, 5) is 21.0. The Morgan fingerprint density at radius 3 is 2.73 bits per heavy atom. The van der Waals surface area contributed by atoms with Gasteiger partial charge in [0.25, 0.3) is 5.91 Å². The summed E-state index contributed by atoms with van der Waals surface area (Å²) < 4.78 is 10.6. The Morgan fingerprint density at radius 2 is 2.00 bits per heavy atom. The van der Waals surface area contributed by atoms with Crippen LogP contribution in [-0.2, 0) is 13.1 Å². The van der Waals surface area contributed by atoms with E-state index in [4.69, 9.17) is 15.5 Å². The first kappa shape index (κ1) is 23.7. The number of nitrogens with one attached hydrogen (secondary N) is 1. The van der Waals surface area contributed by atoms with Crippen LogP contribution in [-0.4, -0.2) is 60.9 Å². The predicted molar refractivity (Wildman–Crippen MR) is 153 cm³/mol. The first-order valence-corrected chi connectivity index (χ1v) is 14.3. The van der Waals surface area contributed by atoms with Crippen molar-refractivity contribution >= 4 is 27.8 Å². The minimum absolute atomic E-state index is 0.0108. The molecule has 0 unspecified atom stereocenters. The highest BCUT2D eigenvalue weighted by Gasteiger charge is 2.47. The van der Waals surface area contributed by atoms with Gasteiger partial charge in [-0.15, -0.1) is 0 Å². The van der Waals surface area contributed by atoms with Crippen molar-refractivity contribution in [3.63, 3.8) is 0 Å². The maximum absolute atomic E-state index is 13.8. The summed E-state index contributed by atoms with van der Waals surface area (Å²) in [5.74, 6) is 2.60. The van der Waals surface area contributed by atoms with Crippen molar-refractivity contribution < 1.29 is 9.53 Å². The Kier molecular flexibility index (Phi) is 5.32. The van der Waals surface area contributed by atoms with Crippen molar-refractivity contribution in [2.24, 2.45) is 17.6 Å². The summed E-state index contributed by atoms with van der Waals surface area (Å²) >= 11 is 0. The second-order valence-corrected chi connectivity index (χ2v) is 11.8. The summed E-state index contributed by atoms with van der Waals surface area (Å²) in [5.41, 5.74) is 12.0. The normalized spacial score (nSPS) is 22.1. The molecule has 3 aromatic heterocycles. The zero-order valence-corrected chi connectivity index (χ0v) is 22.6. The maximum atomic E-state index is 13.8. The van der Waals surface area contributed by atoms with Crippen molar-refractivity contribution in [3.05, 3.63) is 66.0 Å². The topological polar surface area (TPSA) is 107 Å². The highest BCUT2D eigenvalue weighted by atomic mass is 16.5. The Hall–Kier alpha value is -4.11. The number of amides is 1. The molecule has 9 heteroatoms. The molecule has 1 aliphatic heterocycles. The lowest BCUT2D eigenvalue weighted by molar-refractivity contribution is 0.0700. The van der Waals surface area contributed by atoms with E-state index in [9.17, 15) is 4.79 Å². The third-order valence-electron chi connectivity index (χ3n) is 9.26. The number of nitrogens with two attached hydrogens (primary N) is 1. The van der Waals surface area contributed by atoms with Gasteiger partial charge in [0, 0.05) is 53.4 Å². The number of carbonyl (C=O) groups excluding carboxylic acids is 1. The molecule has 0 radical (unpaired) electrons. The third kappa shape index (κ3) is 3.67. The van der Waals surface area contributed by atoms with E-state index in [0.717, 1.165) is 54.0 Å². The standard InChI is InChI=1S/C31H33N7O2/c1-40-27-12-22(31(39)37-17-21-8-9-25(37)28(21)32)10-23-29(27)38(16-19-13-33-34-14-19)30(35-23)26-11-20-4-2-3-5-24(20)36(26)15-18-6-7-18/h2-5,10-14,18,21,25,28H,6-9,15-17,32H2,1H3,(H,33,34)/t21-,25-,28-/m1/s1. The van der Waals surface area contributed by atoms with E-state index in [2.05, 4.69) is 49.7 Å². The fourth-order valence-electron chi connectivity index (χ4n) is 7.00. The SMILES string of the molecule is COc1cc(C(=O)N2C[C@H]3CC[C@@H]2[C@@H]3N)cc2nc(-c3cc4ccccc4n3CC3CC3)n(Cc3cn[nH]c3)c12. The van der Waals surface area contributed by atoms with Gasteiger partial charge in [0.2, 0.25) is 0 Å². The lowest BCUT2D eigenvalue weighted by Gasteiger charge is -2.27. The molecular formula is C31H33N7O2. The zero-order valence-electron chi connectivity index (χ0n) is 22.6. The number of fused-ring (bicyclic) bond motifs is 4. The van der Waals surface area contributed by atoms with Crippen LogP contribution >= 0.6 is 0 Å². The van der Waals surface area contributed by atoms with Crippen LogP contribution in [0.4, 0.5) is 0 Å². The Bertz CT molecular complexity index is 1750. The fourth-order valence-corrected chi connectivity index (χ4v) is 7.00. The van der Waals surface area contributed by atoms with Crippen LogP contribution in [0.3, 0.4) is 0 Å². The average Bonchev–Trinajstić information content (AvgIpc) is 3.34. The van der Waals surface area contributed by atoms with Gasteiger partial charge >= 0.3 is 0 Å². The van der Waals surface area contributed by atoms with E-state index in [-0.39, 0.29) is 18.0 Å². The number of aromatic amines is 1. The molecule has 2 aromatic carbocycles. The van der Waals surface area contributed by atoms with Crippen LogP contribution in [0, 0.1) is 11.8 Å². The van der Waals surface area contributed by atoms with Crippen LogP contribution < -0.4 is 10.5 Å². The molecule has 8 rings (SSSR count). The Balaban J connectivity index is 1.31. The van der Waals surface area contributed by atoms with E-state index >= 15 is 0 Å². The van der Waals surface area contributed by atoms with Crippen molar-refractivity contribution in [1.29, 1.82) is 0 Å². The van der Waals surface area contributed by atoms with Crippen molar-refractivity contribution in [2.75, 3.05) is 13.7 Å². The molecule has 1 amide bonds. The predicted octanol–water partition coefficient (Wildman–Crippen LogP) is 4.41. The first-order chi connectivity index (χ1) is 19.6. The molecule has 4 heterocycles. The molecule has 2 saturated carbocycles. The molecule has 3 fully saturated rings. The van der Waals surface area contributed by atoms with E-state index in [1.54, 1.807) is 7.11 Å². The minimum atomic E-state index is 0.0108. The number of imidazole rings is 1. The van der Waals surface area contributed by atoms with Gasteiger partial charge in [-0.25, -0.2) is 4.98 Å². The number of ether oxygens (including phenoxy) is 1. The summed E-state index contributed by atoms with van der Waals surface area (Å²) in [6.45, 7) is 2.27. The van der Waals surface area contributed by atoms with Crippen molar-refractivity contribution in [1.82, 2.24) is 29.2 Å². The zero-order chi connectivity index (χ0) is 27.0. The minimum Gasteiger partial charge on any atom is -0.494 e. The van der Waals surface area contributed by atoms with Gasteiger partial charge in [-0.05, 0) is 61.8 Å². The molecule has 3 atom stereocenters. The summed E-state index contributed by atoms with van der Waals surface area (Å²) in [6.07, 6.45) is 8.36. The van der Waals surface area contributed by atoms with Crippen LogP contribution in [0.15, 0.2) is 54.9 Å². The van der Waals surface area contributed by atoms with Crippen molar-refractivity contribution in [2.45, 2.75) is 50.9 Å². The second kappa shape index (κ2) is 8.96. The van der Waals surface area contributed by atoms with Gasteiger partial charge < -0.3 is 24.5 Å². The second-order valence-electron chi connectivity index (χ2n) is 11.8. The van der Waals surface area contributed by atoms with Crippen molar-refractivity contribution in [3.8, 4) is 17.3 Å². The fraction of sp³-hybridized carbons (Fsp3) is 0.387. The van der Waals surface area contributed by atoms with Gasteiger partial charge in [0.05, 0.1) is 31.1 Å². The summed E-state index contributed by atoms with van der Waals surface area (Å²) in [7, 11) is 1.66. The number of hydrogen-bond donors (Lipinski definition) is 2. The van der Waals surface area contributed by atoms with E-state index in [0.29, 0.717) is 29.7 Å². The number of para-hydroxylation sites is 1. The third-order valence-corrected chi connectivity index (χ3v) is 9.26. The number of benzene rings is 2. The van der Waals surface area contributed by atoms with Gasteiger partial charge in [-0.2, -0.15) is 5.10 Å². The molecule has 40 heavy (non-hydrogen) atoms. The number of rotatable bonds is 7.